The number of nitriles is 1. The zero-order valence-corrected chi connectivity index (χ0v) is 11.5. The van der Waals surface area contributed by atoms with Crippen LogP contribution >= 0.6 is 15.9 Å². The summed E-state index contributed by atoms with van der Waals surface area (Å²) in [6, 6.07) is 16.7. The summed E-state index contributed by atoms with van der Waals surface area (Å²) in [4.78, 5) is 9.37. The Labute approximate surface area is 119 Å². The van der Waals surface area contributed by atoms with E-state index in [2.05, 4.69) is 26.1 Å². The van der Waals surface area contributed by atoms with Crippen LogP contribution in [0.3, 0.4) is 0 Å². The molecule has 0 unspecified atom stereocenters. The van der Waals surface area contributed by atoms with Crippen molar-refractivity contribution < 1.29 is 4.84 Å². The third-order valence-corrected chi connectivity index (χ3v) is 2.74. The van der Waals surface area contributed by atoms with Crippen molar-refractivity contribution in [2.75, 3.05) is 0 Å². The average Bonchev–Trinajstić information content (AvgIpc) is 2.45. The van der Waals surface area contributed by atoms with E-state index in [1.165, 1.54) is 0 Å². The van der Waals surface area contributed by atoms with Crippen LogP contribution in [0.1, 0.15) is 11.3 Å². The summed E-state index contributed by atoms with van der Waals surface area (Å²) in [6.07, 6.45) is 0. The standard InChI is InChI=1S/C14H10BrN3O/c15-14-8-4-7-12(17-14)10-19-18-13(9-16)11-5-2-1-3-6-11/h1-8H,10H2/b18-13+. The molecule has 0 aliphatic heterocycles. The maximum atomic E-state index is 9.04. The molecule has 94 valence electrons. The predicted molar refractivity (Wildman–Crippen MR) is 75.3 cm³/mol. The van der Waals surface area contributed by atoms with Gasteiger partial charge < -0.3 is 4.84 Å². The summed E-state index contributed by atoms with van der Waals surface area (Å²) in [5.41, 5.74) is 1.71. The van der Waals surface area contributed by atoms with Crippen molar-refractivity contribution in [1.29, 1.82) is 5.26 Å². The van der Waals surface area contributed by atoms with Crippen LogP contribution in [0.4, 0.5) is 0 Å². The van der Waals surface area contributed by atoms with Crippen molar-refractivity contribution in [3.8, 4) is 6.07 Å². The molecule has 0 saturated carbocycles. The van der Waals surface area contributed by atoms with Crippen molar-refractivity contribution in [2.45, 2.75) is 6.61 Å². The third-order valence-electron chi connectivity index (χ3n) is 2.29. The molecule has 0 spiro atoms. The van der Waals surface area contributed by atoms with Gasteiger partial charge in [-0.1, -0.05) is 41.6 Å². The molecule has 0 aliphatic rings. The Morgan fingerprint density at radius 2 is 2.00 bits per heavy atom. The number of pyridine rings is 1. The lowest BCUT2D eigenvalue weighted by atomic mass is 10.1. The molecular weight excluding hydrogens is 306 g/mol. The first kappa shape index (κ1) is 13.2. The van der Waals surface area contributed by atoms with Gasteiger partial charge in [0.15, 0.2) is 12.3 Å². The third kappa shape index (κ3) is 3.90. The van der Waals surface area contributed by atoms with Gasteiger partial charge in [-0.15, -0.1) is 0 Å². The number of oxime groups is 1. The Kier molecular flexibility index (Phi) is 4.65. The number of hydrogen-bond acceptors (Lipinski definition) is 4. The summed E-state index contributed by atoms with van der Waals surface area (Å²) in [5, 5.41) is 12.9. The van der Waals surface area contributed by atoms with E-state index in [0.717, 1.165) is 15.9 Å². The predicted octanol–water partition coefficient (Wildman–Crippen LogP) is 3.29. The van der Waals surface area contributed by atoms with Crippen LogP contribution in [0.25, 0.3) is 0 Å². The molecule has 2 aromatic rings. The molecule has 0 N–H and O–H groups in total. The zero-order valence-electron chi connectivity index (χ0n) is 9.95. The van der Waals surface area contributed by atoms with Crippen LogP contribution in [-0.2, 0) is 11.4 Å². The van der Waals surface area contributed by atoms with E-state index in [1.54, 1.807) is 0 Å². The van der Waals surface area contributed by atoms with E-state index in [1.807, 2.05) is 54.6 Å². The minimum absolute atomic E-state index is 0.220. The number of nitrogens with zero attached hydrogens (tertiary/aromatic N) is 3. The van der Waals surface area contributed by atoms with Gasteiger partial charge >= 0.3 is 0 Å². The zero-order chi connectivity index (χ0) is 13.5. The highest BCUT2D eigenvalue weighted by atomic mass is 79.9. The Morgan fingerprint density at radius 1 is 1.21 bits per heavy atom. The second-order valence-corrected chi connectivity index (χ2v) is 4.46. The largest absolute Gasteiger partial charge is 0.388 e. The first-order valence-electron chi connectivity index (χ1n) is 5.56. The summed E-state index contributed by atoms with van der Waals surface area (Å²) in [6.45, 7) is 0.220. The molecule has 1 aromatic heterocycles. The lowest BCUT2D eigenvalue weighted by Gasteiger charge is -2.01. The van der Waals surface area contributed by atoms with Gasteiger partial charge in [-0.25, -0.2) is 4.98 Å². The van der Waals surface area contributed by atoms with E-state index in [4.69, 9.17) is 10.1 Å². The van der Waals surface area contributed by atoms with E-state index in [9.17, 15) is 0 Å². The number of halogens is 1. The van der Waals surface area contributed by atoms with Crippen molar-refractivity contribution in [3.05, 3.63) is 64.4 Å². The molecule has 2 rings (SSSR count). The fourth-order valence-corrected chi connectivity index (χ4v) is 1.81. The first-order chi connectivity index (χ1) is 9.29. The van der Waals surface area contributed by atoms with Crippen molar-refractivity contribution >= 4 is 21.6 Å². The van der Waals surface area contributed by atoms with Gasteiger partial charge in [-0.2, -0.15) is 5.26 Å². The maximum Gasteiger partial charge on any atom is 0.186 e. The highest BCUT2D eigenvalue weighted by molar-refractivity contribution is 9.10. The van der Waals surface area contributed by atoms with Crippen molar-refractivity contribution in [3.63, 3.8) is 0 Å². The van der Waals surface area contributed by atoms with E-state index in [0.29, 0.717) is 0 Å². The van der Waals surface area contributed by atoms with E-state index in [-0.39, 0.29) is 12.3 Å². The Balaban J connectivity index is 2.04. The second-order valence-electron chi connectivity index (χ2n) is 3.64. The van der Waals surface area contributed by atoms with E-state index >= 15 is 0 Å². The normalized spacial score (nSPS) is 10.8. The monoisotopic (exact) mass is 315 g/mol. The molecule has 0 aliphatic carbocycles. The van der Waals surface area contributed by atoms with Gasteiger partial charge in [-0.05, 0) is 28.1 Å². The first-order valence-corrected chi connectivity index (χ1v) is 6.36. The van der Waals surface area contributed by atoms with Gasteiger partial charge in [0.1, 0.15) is 10.7 Å². The molecule has 0 fully saturated rings. The molecule has 19 heavy (non-hydrogen) atoms. The van der Waals surface area contributed by atoms with Crippen molar-refractivity contribution in [2.24, 2.45) is 5.16 Å². The fraction of sp³-hybridized carbons (Fsp3) is 0.0714. The molecule has 0 atom stereocenters. The van der Waals surface area contributed by atoms with Crippen LogP contribution in [0.15, 0.2) is 58.3 Å². The molecule has 0 bridgehead atoms. The maximum absolute atomic E-state index is 9.04. The Morgan fingerprint density at radius 3 is 2.68 bits per heavy atom. The Hall–Kier alpha value is -2.19. The summed E-state index contributed by atoms with van der Waals surface area (Å²) >= 11 is 3.28. The van der Waals surface area contributed by atoms with Crippen LogP contribution in [0.5, 0.6) is 0 Å². The lowest BCUT2D eigenvalue weighted by Crippen LogP contribution is -1.99. The van der Waals surface area contributed by atoms with Gasteiger partial charge in [0.2, 0.25) is 0 Å². The quantitative estimate of drug-likeness (QED) is 0.494. The topological polar surface area (TPSA) is 58.3 Å². The van der Waals surface area contributed by atoms with E-state index < -0.39 is 0 Å². The highest BCUT2D eigenvalue weighted by Crippen LogP contribution is 2.08. The van der Waals surface area contributed by atoms with Crippen LogP contribution < -0.4 is 0 Å². The van der Waals surface area contributed by atoms with Crippen LogP contribution in [0, 0.1) is 11.3 Å². The summed E-state index contributed by atoms with van der Waals surface area (Å²) < 4.78 is 0.737. The molecule has 0 amide bonds. The van der Waals surface area contributed by atoms with Gasteiger partial charge in [0.25, 0.3) is 0 Å². The minimum atomic E-state index is 0.220. The highest BCUT2D eigenvalue weighted by Gasteiger charge is 2.02. The van der Waals surface area contributed by atoms with Crippen LogP contribution in [-0.4, -0.2) is 10.7 Å². The lowest BCUT2D eigenvalue weighted by molar-refractivity contribution is 0.128. The number of rotatable bonds is 4. The number of benzene rings is 1. The molecule has 0 saturated heterocycles. The molecule has 0 radical (unpaired) electrons. The fourth-order valence-electron chi connectivity index (χ4n) is 1.43. The second kappa shape index (κ2) is 6.66. The van der Waals surface area contributed by atoms with Gasteiger partial charge in [0, 0.05) is 5.56 Å². The number of hydrogen-bond donors (Lipinski definition) is 0. The number of aromatic nitrogens is 1. The van der Waals surface area contributed by atoms with Gasteiger partial charge in [-0.3, -0.25) is 0 Å². The molecule has 4 nitrogen and oxygen atoms in total. The SMILES string of the molecule is N#C/C(=N\OCc1cccc(Br)n1)c1ccccc1. The minimum Gasteiger partial charge on any atom is -0.388 e. The molecule has 5 heteroatoms. The van der Waals surface area contributed by atoms with Crippen LogP contribution in [0.2, 0.25) is 0 Å². The molecule has 1 aromatic carbocycles. The molecular formula is C14H10BrN3O. The smallest absolute Gasteiger partial charge is 0.186 e. The van der Waals surface area contributed by atoms with Crippen molar-refractivity contribution in [1.82, 2.24) is 4.98 Å². The Bertz CT molecular complexity index is 620. The summed E-state index contributed by atoms with van der Waals surface area (Å²) in [7, 11) is 0. The average molecular weight is 316 g/mol. The summed E-state index contributed by atoms with van der Waals surface area (Å²) in [5.74, 6) is 0. The van der Waals surface area contributed by atoms with Gasteiger partial charge in [0.05, 0.1) is 5.69 Å². The molecule has 1 heterocycles.